The van der Waals surface area contributed by atoms with Crippen LogP contribution in [0.4, 0.5) is 17.6 Å². The molecule has 0 saturated heterocycles. The summed E-state index contributed by atoms with van der Waals surface area (Å²) in [6, 6.07) is 7.46. The van der Waals surface area contributed by atoms with E-state index < -0.39 is 64.7 Å². The molecule has 4 rings (SSSR count). The van der Waals surface area contributed by atoms with Crippen molar-refractivity contribution >= 4 is 34.5 Å². The number of aromatic amines is 1. The number of hydrogen-bond donors (Lipinski definition) is 6. The molecule has 3 aromatic rings. The highest BCUT2D eigenvalue weighted by atomic mass is 19.4. The molecule has 1 aromatic heterocycles. The van der Waals surface area contributed by atoms with Crippen molar-refractivity contribution in [1.82, 2.24) is 26.3 Å². The highest BCUT2D eigenvalue weighted by molar-refractivity contribution is 5.98. The van der Waals surface area contributed by atoms with Crippen LogP contribution in [0, 0.1) is 17.7 Å². The van der Waals surface area contributed by atoms with E-state index in [1.807, 2.05) is 20.8 Å². The molecule has 1 aliphatic carbocycles. The largest absolute Gasteiger partial charge is 0.418 e. The van der Waals surface area contributed by atoms with Crippen molar-refractivity contribution in [2.45, 2.75) is 109 Å². The lowest BCUT2D eigenvalue weighted by molar-refractivity contribution is -0.139. The lowest BCUT2D eigenvalue weighted by Gasteiger charge is -2.39. The smallest absolute Gasteiger partial charge is 0.396 e. The van der Waals surface area contributed by atoms with Crippen molar-refractivity contribution in [3.63, 3.8) is 0 Å². The number of para-hydroxylation sites is 1. The van der Waals surface area contributed by atoms with E-state index in [0.29, 0.717) is 49.9 Å². The van der Waals surface area contributed by atoms with Crippen LogP contribution in [0.1, 0.15) is 88.6 Å². The van der Waals surface area contributed by atoms with Gasteiger partial charge < -0.3 is 31.4 Å². The minimum atomic E-state index is -4.64. The van der Waals surface area contributed by atoms with Gasteiger partial charge in [-0.15, -0.1) is 0 Å². The average molecular weight is 746 g/mol. The zero-order chi connectivity index (χ0) is 38.9. The summed E-state index contributed by atoms with van der Waals surface area (Å²) in [7, 11) is 0. The summed E-state index contributed by atoms with van der Waals surface area (Å²) < 4.78 is 56.5. The van der Waals surface area contributed by atoms with Crippen LogP contribution in [-0.4, -0.2) is 64.5 Å². The molecular weight excluding hydrogens is 694 g/mol. The van der Waals surface area contributed by atoms with Crippen LogP contribution in [0.25, 0.3) is 10.9 Å². The molecule has 290 valence electrons. The van der Waals surface area contributed by atoms with Gasteiger partial charge in [0.1, 0.15) is 23.4 Å². The third kappa shape index (κ3) is 9.95. The highest BCUT2D eigenvalue weighted by Crippen LogP contribution is 2.40. The van der Waals surface area contributed by atoms with Gasteiger partial charge in [0.15, 0.2) is 0 Å². The Morgan fingerprint density at radius 2 is 1.58 bits per heavy atom. The van der Waals surface area contributed by atoms with E-state index in [0.717, 1.165) is 6.07 Å². The number of aromatic nitrogens is 1. The Bertz CT molecular complexity index is 1760. The number of unbranched alkanes of at least 4 members (excludes halogenated alkanes) is 2. The third-order valence-electron chi connectivity index (χ3n) is 10.4. The van der Waals surface area contributed by atoms with Gasteiger partial charge in [0.2, 0.25) is 23.6 Å². The SMILES string of the molecule is CCC(C)[C@H](NC(=O)Cc1ccccc1F)C(=O)N[C@]1(C(=O)N[C@H](C(=O)NCCCCCO)C(C)CC)CCc2[nH]c3c(C(F)(F)F)cccc3c2C1. The number of alkyl halides is 3. The van der Waals surface area contributed by atoms with Gasteiger partial charge in [-0.3, -0.25) is 19.2 Å². The van der Waals surface area contributed by atoms with Crippen molar-refractivity contribution in [2.75, 3.05) is 13.2 Å². The number of hydrogen-bond acceptors (Lipinski definition) is 5. The van der Waals surface area contributed by atoms with Crippen molar-refractivity contribution in [3.05, 3.63) is 70.7 Å². The number of rotatable bonds is 17. The summed E-state index contributed by atoms with van der Waals surface area (Å²) in [6.07, 6.45) is -2.18. The number of aliphatic hydroxyl groups is 1. The van der Waals surface area contributed by atoms with Crippen LogP contribution in [0.5, 0.6) is 0 Å². The van der Waals surface area contributed by atoms with Crippen molar-refractivity contribution in [2.24, 2.45) is 11.8 Å². The number of aliphatic hydroxyl groups excluding tert-OH is 1. The Morgan fingerprint density at radius 3 is 2.23 bits per heavy atom. The van der Waals surface area contributed by atoms with Crippen LogP contribution in [0.2, 0.25) is 0 Å². The molecule has 2 aromatic carbocycles. The molecule has 4 amide bonds. The topological polar surface area (TPSA) is 152 Å². The maximum Gasteiger partial charge on any atom is 0.418 e. The zero-order valence-corrected chi connectivity index (χ0v) is 30.7. The second kappa shape index (κ2) is 18.0. The van der Waals surface area contributed by atoms with Crippen LogP contribution >= 0.6 is 0 Å². The predicted octanol–water partition coefficient (Wildman–Crippen LogP) is 5.25. The summed E-state index contributed by atoms with van der Waals surface area (Å²) in [6.45, 7) is 7.62. The first-order chi connectivity index (χ1) is 25.1. The third-order valence-corrected chi connectivity index (χ3v) is 10.4. The second-order valence-corrected chi connectivity index (χ2v) is 14.2. The van der Waals surface area contributed by atoms with Crippen molar-refractivity contribution < 1.29 is 41.8 Å². The molecule has 0 spiro atoms. The Morgan fingerprint density at radius 1 is 0.906 bits per heavy atom. The van der Waals surface area contributed by atoms with Gasteiger partial charge in [0.25, 0.3) is 0 Å². The maximum absolute atomic E-state index is 14.6. The molecule has 0 aliphatic heterocycles. The fourth-order valence-corrected chi connectivity index (χ4v) is 6.84. The Hall–Kier alpha value is -4.46. The number of halogens is 4. The maximum atomic E-state index is 14.6. The summed E-state index contributed by atoms with van der Waals surface area (Å²) in [4.78, 5) is 58.5. The minimum absolute atomic E-state index is 0.0157. The van der Waals surface area contributed by atoms with E-state index in [1.54, 1.807) is 13.0 Å². The molecule has 2 unspecified atom stereocenters. The van der Waals surface area contributed by atoms with E-state index in [2.05, 4.69) is 26.3 Å². The average Bonchev–Trinajstić information content (AvgIpc) is 3.50. The number of aryl methyl sites for hydroxylation is 1. The van der Waals surface area contributed by atoms with Gasteiger partial charge in [-0.25, -0.2) is 4.39 Å². The molecular formula is C39H51F4N5O5. The molecule has 1 heterocycles. The van der Waals surface area contributed by atoms with Crippen LogP contribution in [0.3, 0.4) is 0 Å². The number of carbonyl (C=O) groups excluding carboxylic acids is 4. The number of amides is 4. The fraction of sp³-hybridized carbons (Fsp3) is 0.538. The molecule has 0 fully saturated rings. The molecule has 6 N–H and O–H groups in total. The molecule has 0 bridgehead atoms. The van der Waals surface area contributed by atoms with E-state index in [9.17, 15) is 36.7 Å². The molecule has 5 atom stereocenters. The number of fused-ring (bicyclic) bond motifs is 3. The van der Waals surface area contributed by atoms with E-state index in [-0.39, 0.29) is 54.7 Å². The summed E-state index contributed by atoms with van der Waals surface area (Å²) in [5.41, 5.74) is -1.61. The van der Waals surface area contributed by atoms with Crippen molar-refractivity contribution in [1.29, 1.82) is 0 Å². The van der Waals surface area contributed by atoms with E-state index >= 15 is 0 Å². The summed E-state index contributed by atoms with van der Waals surface area (Å²) in [5, 5.41) is 20.7. The lowest BCUT2D eigenvalue weighted by Crippen LogP contribution is -2.67. The van der Waals surface area contributed by atoms with Gasteiger partial charge in [-0.2, -0.15) is 13.2 Å². The quantitative estimate of drug-likeness (QED) is 0.0824. The van der Waals surface area contributed by atoms with Gasteiger partial charge in [0, 0.05) is 30.7 Å². The molecule has 1 aliphatic rings. The molecule has 0 radical (unpaired) electrons. The first kappa shape index (κ1) is 41.3. The van der Waals surface area contributed by atoms with Gasteiger partial charge in [-0.05, 0) is 67.2 Å². The number of carbonyl (C=O) groups is 4. The minimum Gasteiger partial charge on any atom is -0.396 e. The standard InChI is InChI=1S/C39H51F4N5O5/c1-5-23(3)32(35(51)44-19-10-7-11-20-49)47-37(53)38(18-17-30-27(22-38)26-14-12-15-28(34(26)45-30)39(41,42)43)48-36(52)33(24(4)6-2)46-31(50)21-25-13-8-9-16-29(25)40/h8-9,12-16,23-24,32-33,45,49H,5-7,10-11,17-22H2,1-4H3,(H,44,51)(H,46,50)(H,47,53)(H,48,52)/t23?,24?,32-,33-,38+/m0/s1. The van der Waals surface area contributed by atoms with Gasteiger partial charge in [-0.1, -0.05) is 70.9 Å². The molecule has 14 heteroatoms. The normalized spacial score (nSPS) is 18.0. The highest BCUT2D eigenvalue weighted by Gasteiger charge is 2.47. The monoisotopic (exact) mass is 745 g/mol. The Balaban J connectivity index is 1.70. The zero-order valence-electron chi connectivity index (χ0n) is 30.7. The number of benzene rings is 2. The summed E-state index contributed by atoms with van der Waals surface area (Å²) >= 11 is 0. The van der Waals surface area contributed by atoms with Crippen LogP contribution in [0.15, 0.2) is 42.5 Å². The Kier molecular flexibility index (Phi) is 14.1. The Labute approximate surface area is 307 Å². The van der Waals surface area contributed by atoms with E-state index in [4.69, 9.17) is 5.11 Å². The number of H-pyrrole nitrogens is 1. The molecule has 10 nitrogen and oxygen atoms in total. The predicted molar refractivity (Wildman–Crippen MR) is 193 cm³/mol. The first-order valence-electron chi connectivity index (χ1n) is 18.4. The van der Waals surface area contributed by atoms with Gasteiger partial charge >= 0.3 is 6.18 Å². The first-order valence-corrected chi connectivity index (χ1v) is 18.4. The van der Waals surface area contributed by atoms with Crippen LogP contribution in [-0.2, 0) is 44.6 Å². The second-order valence-electron chi connectivity index (χ2n) is 14.2. The van der Waals surface area contributed by atoms with Crippen molar-refractivity contribution in [3.8, 4) is 0 Å². The summed E-state index contributed by atoms with van der Waals surface area (Å²) in [5.74, 6) is -3.72. The number of nitrogens with one attached hydrogen (secondary N) is 5. The van der Waals surface area contributed by atoms with Crippen LogP contribution < -0.4 is 21.3 Å². The van der Waals surface area contributed by atoms with Gasteiger partial charge in [0.05, 0.1) is 17.5 Å². The fourth-order valence-electron chi connectivity index (χ4n) is 6.84. The molecule has 0 saturated carbocycles. The van der Waals surface area contributed by atoms with E-state index in [1.165, 1.54) is 30.3 Å². The molecule has 53 heavy (non-hydrogen) atoms. The lowest BCUT2D eigenvalue weighted by atomic mass is 9.78.